The summed E-state index contributed by atoms with van der Waals surface area (Å²) >= 11 is 0. The minimum Gasteiger partial charge on any atom is -0.206 e. The van der Waals surface area contributed by atoms with Crippen LogP contribution >= 0.6 is 0 Å². The van der Waals surface area contributed by atoms with Gasteiger partial charge in [0.05, 0.1) is 0 Å². The molecule has 6 heteroatoms. The maximum Gasteiger partial charge on any atom is 0.350 e. The van der Waals surface area contributed by atoms with Crippen molar-refractivity contribution in [2.24, 2.45) is 11.8 Å². The molecule has 1 aliphatic heterocycles. The third kappa shape index (κ3) is 3.66. The standard InChI is InChI=1S/C8H15F2NO2S.C2H6/c1-6(2)7-3-4-11(5-7)14(12,13)8(9)10;1-2/h6-8H,3-5H2,1-2H3;1-2H3. The summed E-state index contributed by atoms with van der Waals surface area (Å²) in [7, 11) is -4.34. The molecule has 0 aromatic rings. The van der Waals surface area contributed by atoms with Crippen LogP contribution in [0.15, 0.2) is 0 Å². The van der Waals surface area contributed by atoms with Crippen LogP contribution in [-0.4, -0.2) is 31.6 Å². The second-order valence-corrected chi connectivity index (χ2v) is 5.86. The van der Waals surface area contributed by atoms with Crippen LogP contribution in [-0.2, 0) is 10.0 Å². The molecule has 1 saturated heterocycles. The van der Waals surface area contributed by atoms with Crippen molar-refractivity contribution in [1.82, 2.24) is 4.31 Å². The molecule has 1 fully saturated rings. The lowest BCUT2D eigenvalue weighted by atomic mass is 9.96. The fourth-order valence-corrected chi connectivity index (χ4v) is 2.63. The van der Waals surface area contributed by atoms with Gasteiger partial charge in [-0.15, -0.1) is 0 Å². The summed E-state index contributed by atoms with van der Waals surface area (Å²) in [5, 5.41) is 0. The predicted octanol–water partition coefficient (Wildman–Crippen LogP) is 2.54. The van der Waals surface area contributed by atoms with Crippen LogP contribution in [0.5, 0.6) is 0 Å². The van der Waals surface area contributed by atoms with Crippen LogP contribution in [0, 0.1) is 11.8 Å². The van der Waals surface area contributed by atoms with Gasteiger partial charge in [-0.25, -0.2) is 8.42 Å². The van der Waals surface area contributed by atoms with Gasteiger partial charge in [0.15, 0.2) is 0 Å². The van der Waals surface area contributed by atoms with Gasteiger partial charge in [0, 0.05) is 13.1 Å². The summed E-state index contributed by atoms with van der Waals surface area (Å²) in [6.45, 7) is 8.42. The van der Waals surface area contributed by atoms with Crippen molar-refractivity contribution in [2.75, 3.05) is 13.1 Å². The summed E-state index contributed by atoms with van der Waals surface area (Å²) in [5.41, 5.74) is 0. The predicted molar refractivity (Wildman–Crippen MR) is 60.8 cm³/mol. The molecule has 0 aromatic carbocycles. The van der Waals surface area contributed by atoms with Crippen molar-refractivity contribution in [3.05, 3.63) is 0 Å². The topological polar surface area (TPSA) is 37.4 Å². The van der Waals surface area contributed by atoms with Crippen LogP contribution in [0.1, 0.15) is 34.1 Å². The molecular formula is C10H21F2NO2S. The minimum atomic E-state index is -4.34. The molecule has 0 N–H and O–H groups in total. The monoisotopic (exact) mass is 257 g/mol. The lowest BCUT2D eigenvalue weighted by Crippen LogP contribution is -2.33. The van der Waals surface area contributed by atoms with E-state index in [2.05, 4.69) is 0 Å². The molecule has 0 saturated carbocycles. The molecule has 0 bridgehead atoms. The molecule has 0 aliphatic carbocycles. The third-order valence-electron chi connectivity index (χ3n) is 2.72. The van der Waals surface area contributed by atoms with Gasteiger partial charge in [-0.3, -0.25) is 0 Å². The third-order valence-corrected chi connectivity index (χ3v) is 4.22. The Kier molecular flexibility index (Phi) is 6.40. The Labute approximate surface area is 96.9 Å². The van der Waals surface area contributed by atoms with E-state index in [1.807, 2.05) is 27.7 Å². The van der Waals surface area contributed by atoms with Crippen LogP contribution < -0.4 is 0 Å². The van der Waals surface area contributed by atoms with Crippen molar-refractivity contribution in [1.29, 1.82) is 0 Å². The van der Waals surface area contributed by atoms with E-state index in [-0.39, 0.29) is 19.0 Å². The van der Waals surface area contributed by atoms with Crippen molar-refractivity contribution < 1.29 is 17.2 Å². The van der Waals surface area contributed by atoms with Gasteiger partial charge in [-0.1, -0.05) is 27.7 Å². The van der Waals surface area contributed by atoms with E-state index < -0.39 is 15.8 Å². The van der Waals surface area contributed by atoms with Gasteiger partial charge >= 0.3 is 5.76 Å². The summed E-state index contributed by atoms with van der Waals surface area (Å²) in [5.74, 6) is -2.73. The lowest BCUT2D eigenvalue weighted by Gasteiger charge is -2.17. The smallest absolute Gasteiger partial charge is 0.206 e. The number of hydrogen-bond donors (Lipinski definition) is 0. The lowest BCUT2D eigenvalue weighted by molar-refractivity contribution is 0.221. The van der Waals surface area contributed by atoms with Gasteiger partial charge in [0.1, 0.15) is 0 Å². The van der Waals surface area contributed by atoms with E-state index in [9.17, 15) is 17.2 Å². The minimum absolute atomic E-state index is 0.212. The van der Waals surface area contributed by atoms with E-state index in [0.29, 0.717) is 12.3 Å². The van der Waals surface area contributed by atoms with E-state index in [0.717, 1.165) is 4.31 Å². The van der Waals surface area contributed by atoms with Crippen molar-refractivity contribution in [3.8, 4) is 0 Å². The fourth-order valence-electron chi connectivity index (χ4n) is 1.64. The number of nitrogens with zero attached hydrogens (tertiary/aromatic N) is 1. The van der Waals surface area contributed by atoms with Gasteiger partial charge in [-0.2, -0.15) is 13.1 Å². The Morgan fingerprint density at radius 3 is 2.06 bits per heavy atom. The number of rotatable bonds is 3. The Bertz CT molecular complexity index is 291. The van der Waals surface area contributed by atoms with Gasteiger partial charge in [-0.05, 0) is 18.3 Å². The highest BCUT2D eigenvalue weighted by Gasteiger charge is 2.37. The first-order chi connectivity index (χ1) is 7.35. The highest BCUT2D eigenvalue weighted by Crippen LogP contribution is 2.27. The van der Waals surface area contributed by atoms with Crippen LogP contribution in [0.3, 0.4) is 0 Å². The molecule has 3 nitrogen and oxygen atoms in total. The van der Waals surface area contributed by atoms with Gasteiger partial charge < -0.3 is 0 Å². The summed E-state index contributed by atoms with van der Waals surface area (Å²) in [6.07, 6.45) is 0.684. The van der Waals surface area contributed by atoms with Crippen LogP contribution in [0.4, 0.5) is 8.78 Å². The Balaban J connectivity index is 0.00000106. The van der Waals surface area contributed by atoms with Crippen molar-refractivity contribution in [2.45, 2.75) is 39.9 Å². The molecule has 0 aromatic heterocycles. The van der Waals surface area contributed by atoms with Gasteiger partial charge in [0.25, 0.3) is 10.0 Å². The summed E-state index contributed by atoms with van der Waals surface area (Å²) < 4.78 is 47.4. The quantitative estimate of drug-likeness (QED) is 0.779. The molecule has 16 heavy (non-hydrogen) atoms. The second kappa shape index (κ2) is 6.49. The Morgan fingerprint density at radius 2 is 1.75 bits per heavy atom. The fraction of sp³-hybridized carbons (Fsp3) is 1.00. The summed E-state index contributed by atoms with van der Waals surface area (Å²) in [6, 6.07) is 0. The van der Waals surface area contributed by atoms with Crippen LogP contribution in [0.25, 0.3) is 0 Å². The van der Waals surface area contributed by atoms with E-state index in [4.69, 9.17) is 0 Å². The molecule has 0 spiro atoms. The molecule has 98 valence electrons. The molecule has 1 atom stereocenters. The summed E-state index contributed by atoms with van der Waals surface area (Å²) in [4.78, 5) is 0. The average Bonchev–Trinajstić information content (AvgIpc) is 2.69. The Hall–Kier alpha value is -0.230. The zero-order valence-corrected chi connectivity index (χ0v) is 11.1. The van der Waals surface area contributed by atoms with Crippen molar-refractivity contribution >= 4 is 10.0 Å². The van der Waals surface area contributed by atoms with E-state index in [1.54, 1.807) is 0 Å². The molecule has 1 heterocycles. The highest BCUT2D eigenvalue weighted by molar-refractivity contribution is 7.89. The van der Waals surface area contributed by atoms with E-state index >= 15 is 0 Å². The molecule has 1 aliphatic rings. The first-order valence-corrected chi connectivity index (χ1v) is 7.13. The second-order valence-electron chi connectivity index (χ2n) is 3.96. The first kappa shape index (κ1) is 15.8. The SMILES string of the molecule is CC.CC(C)C1CCN(S(=O)(=O)C(F)F)C1. The molecule has 1 unspecified atom stereocenters. The van der Waals surface area contributed by atoms with Crippen molar-refractivity contribution in [3.63, 3.8) is 0 Å². The zero-order chi connectivity index (χ0) is 12.9. The van der Waals surface area contributed by atoms with E-state index in [1.165, 1.54) is 0 Å². The number of hydrogen-bond acceptors (Lipinski definition) is 2. The van der Waals surface area contributed by atoms with Gasteiger partial charge in [0.2, 0.25) is 0 Å². The number of alkyl halides is 2. The Morgan fingerprint density at radius 1 is 1.25 bits per heavy atom. The first-order valence-electron chi connectivity index (χ1n) is 5.63. The highest BCUT2D eigenvalue weighted by atomic mass is 32.2. The maximum absolute atomic E-state index is 12.2. The molecular weight excluding hydrogens is 236 g/mol. The molecule has 0 radical (unpaired) electrons. The number of halogens is 2. The molecule has 0 amide bonds. The largest absolute Gasteiger partial charge is 0.350 e. The normalized spacial score (nSPS) is 22.4. The number of sulfonamides is 1. The van der Waals surface area contributed by atoms with Crippen LogP contribution in [0.2, 0.25) is 0 Å². The zero-order valence-electron chi connectivity index (χ0n) is 10.3. The maximum atomic E-state index is 12.2. The molecule has 1 rings (SSSR count). The average molecular weight is 257 g/mol.